The van der Waals surface area contributed by atoms with Gasteiger partial charge in [0.25, 0.3) is 11.8 Å². The second-order valence-electron chi connectivity index (χ2n) is 5.06. The molecule has 1 heterocycles. The summed E-state index contributed by atoms with van der Waals surface area (Å²) in [7, 11) is 0. The van der Waals surface area contributed by atoms with Gasteiger partial charge in [0.15, 0.2) is 0 Å². The maximum Gasteiger partial charge on any atom is 0.262 e. The summed E-state index contributed by atoms with van der Waals surface area (Å²) in [6.45, 7) is 1.79. The molecule has 0 N–H and O–H groups in total. The summed E-state index contributed by atoms with van der Waals surface area (Å²) in [5.41, 5.74) is 1.75. The van der Waals surface area contributed by atoms with Crippen molar-refractivity contribution >= 4 is 23.4 Å². The first kappa shape index (κ1) is 13.8. The number of imide groups is 1. The summed E-state index contributed by atoms with van der Waals surface area (Å²) in [4.78, 5) is 26.4. The number of halogens is 1. The van der Waals surface area contributed by atoms with Gasteiger partial charge >= 0.3 is 0 Å². The molecule has 1 aliphatic heterocycles. The van der Waals surface area contributed by atoms with Gasteiger partial charge in [-0.2, -0.15) is 0 Å². The molecule has 0 bridgehead atoms. The van der Waals surface area contributed by atoms with Gasteiger partial charge in [-0.1, -0.05) is 42.5 Å². The summed E-state index contributed by atoms with van der Waals surface area (Å²) in [5.74, 6) is -0.561. The summed E-state index contributed by atoms with van der Waals surface area (Å²) in [6, 6.07) is 15.8. The molecule has 0 radical (unpaired) electrons. The van der Waals surface area contributed by atoms with Crippen molar-refractivity contribution < 1.29 is 9.59 Å². The molecule has 2 aromatic carbocycles. The third-order valence-electron chi connectivity index (χ3n) is 3.68. The van der Waals surface area contributed by atoms with Crippen LogP contribution in [0.15, 0.2) is 54.6 Å². The van der Waals surface area contributed by atoms with E-state index in [1.54, 1.807) is 31.2 Å². The highest BCUT2D eigenvalue weighted by Gasteiger charge is 2.41. The van der Waals surface area contributed by atoms with E-state index >= 15 is 0 Å². The molecular weight excluding hydrogens is 286 g/mol. The summed E-state index contributed by atoms with van der Waals surface area (Å²) in [6.07, 6.45) is 0. The third-order valence-corrected chi connectivity index (χ3v) is 3.92. The molecule has 3 rings (SSSR count). The Hall–Kier alpha value is -2.13. The molecule has 2 atom stereocenters. The van der Waals surface area contributed by atoms with Crippen molar-refractivity contribution in [1.29, 1.82) is 0 Å². The number of alkyl halides is 1. The van der Waals surface area contributed by atoms with Crippen LogP contribution in [0.3, 0.4) is 0 Å². The molecule has 2 unspecified atom stereocenters. The van der Waals surface area contributed by atoms with E-state index in [2.05, 4.69) is 0 Å². The molecule has 3 nitrogen and oxygen atoms in total. The van der Waals surface area contributed by atoms with Gasteiger partial charge in [0.2, 0.25) is 0 Å². The van der Waals surface area contributed by atoms with Gasteiger partial charge in [-0.15, -0.1) is 11.6 Å². The molecule has 21 heavy (non-hydrogen) atoms. The van der Waals surface area contributed by atoms with Gasteiger partial charge < -0.3 is 0 Å². The van der Waals surface area contributed by atoms with Gasteiger partial charge in [-0.3, -0.25) is 14.5 Å². The lowest BCUT2D eigenvalue weighted by atomic mass is 10.0. The molecule has 0 saturated carbocycles. The van der Waals surface area contributed by atoms with Crippen molar-refractivity contribution in [2.45, 2.75) is 18.3 Å². The predicted octanol–water partition coefficient (Wildman–Crippen LogP) is 3.65. The fourth-order valence-corrected chi connectivity index (χ4v) is 2.99. The van der Waals surface area contributed by atoms with Gasteiger partial charge in [0, 0.05) is 0 Å². The standard InChI is InChI=1S/C17H14ClNO2/c1-11(18)15(12-7-3-2-4-8-12)19-16(20)13-9-5-6-10-14(13)17(19)21/h2-11,15H,1H3. The number of hydrogen-bond acceptors (Lipinski definition) is 2. The minimum absolute atomic E-state index is 0.281. The Morgan fingerprint density at radius 3 is 1.81 bits per heavy atom. The normalized spacial score (nSPS) is 16.8. The van der Waals surface area contributed by atoms with Crippen LogP contribution in [0.2, 0.25) is 0 Å². The second-order valence-corrected chi connectivity index (χ2v) is 5.75. The smallest absolute Gasteiger partial charge is 0.262 e. The Morgan fingerprint density at radius 2 is 1.33 bits per heavy atom. The SMILES string of the molecule is CC(Cl)C(c1ccccc1)N1C(=O)c2ccccc2C1=O. The van der Waals surface area contributed by atoms with Gasteiger partial charge in [0.1, 0.15) is 0 Å². The fraction of sp³-hybridized carbons (Fsp3) is 0.176. The maximum atomic E-state index is 12.6. The first-order chi connectivity index (χ1) is 10.1. The average Bonchev–Trinajstić information content (AvgIpc) is 2.74. The Balaban J connectivity index is 2.07. The third kappa shape index (κ3) is 2.24. The number of nitrogens with zero attached hydrogens (tertiary/aromatic N) is 1. The van der Waals surface area contributed by atoms with E-state index in [-0.39, 0.29) is 17.2 Å². The highest BCUT2D eigenvalue weighted by molar-refractivity contribution is 6.24. The lowest BCUT2D eigenvalue weighted by Gasteiger charge is -2.28. The van der Waals surface area contributed by atoms with Crippen molar-refractivity contribution in [2.75, 3.05) is 0 Å². The van der Waals surface area contributed by atoms with E-state index in [1.165, 1.54) is 4.90 Å². The van der Waals surface area contributed by atoms with Crippen molar-refractivity contribution in [1.82, 2.24) is 4.90 Å². The number of carbonyl (C=O) groups excluding carboxylic acids is 2. The monoisotopic (exact) mass is 299 g/mol. The van der Waals surface area contributed by atoms with Crippen molar-refractivity contribution in [3.8, 4) is 0 Å². The van der Waals surface area contributed by atoms with E-state index in [1.807, 2.05) is 30.3 Å². The predicted molar refractivity (Wildman–Crippen MR) is 81.4 cm³/mol. The topological polar surface area (TPSA) is 37.4 Å². The van der Waals surface area contributed by atoms with E-state index in [4.69, 9.17) is 11.6 Å². The van der Waals surface area contributed by atoms with Crippen molar-refractivity contribution in [2.24, 2.45) is 0 Å². The largest absolute Gasteiger partial charge is 0.269 e. The molecular formula is C17H14ClNO2. The lowest BCUT2D eigenvalue weighted by Crippen LogP contribution is -2.37. The number of amides is 2. The summed E-state index contributed by atoms with van der Waals surface area (Å²) >= 11 is 6.29. The van der Waals surface area contributed by atoms with Crippen LogP contribution in [0.5, 0.6) is 0 Å². The number of hydrogen-bond donors (Lipinski definition) is 0. The molecule has 0 saturated heterocycles. The first-order valence-corrected chi connectivity index (χ1v) is 7.21. The van der Waals surface area contributed by atoms with E-state index in [9.17, 15) is 9.59 Å². The molecule has 0 aliphatic carbocycles. The zero-order chi connectivity index (χ0) is 15.0. The Morgan fingerprint density at radius 1 is 0.857 bits per heavy atom. The highest BCUT2D eigenvalue weighted by atomic mass is 35.5. The highest BCUT2D eigenvalue weighted by Crippen LogP contribution is 2.35. The number of benzene rings is 2. The Labute approximate surface area is 128 Å². The van der Waals surface area contributed by atoms with Crippen molar-refractivity contribution in [3.63, 3.8) is 0 Å². The van der Waals surface area contributed by atoms with E-state index < -0.39 is 6.04 Å². The number of fused-ring (bicyclic) bond motifs is 1. The lowest BCUT2D eigenvalue weighted by molar-refractivity contribution is 0.0580. The minimum atomic E-state index is -0.472. The van der Waals surface area contributed by atoms with Crippen LogP contribution in [0.1, 0.15) is 39.2 Å². The van der Waals surface area contributed by atoms with Crippen LogP contribution in [0, 0.1) is 0 Å². The Bertz CT molecular complexity index is 662. The van der Waals surface area contributed by atoms with Crippen LogP contribution in [0.25, 0.3) is 0 Å². The van der Waals surface area contributed by atoms with E-state index in [0.29, 0.717) is 11.1 Å². The summed E-state index contributed by atoms with van der Waals surface area (Å²) in [5, 5.41) is -0.380. The van der Waals surface area contributed by atoms with Gasteiger partial charge in [-0.05, 0) is 24.6 Å². The van der Waals surface area contributed by atoms with Crippen LogP contribution in [-0.2, 0) is 0 Å². The molecule has 106 valence electrons. The molecule has 4 heteroatoms. The zero-order valence-corrected chi connectivity index (χ0v) is 12.2. The molecule has 0 spiro atoms. The second kappa shape index (κ2) is 5.34. The van der Waals surface area contributed by atoms with Crippen LogP contribution in [0.4, 0.5) is 0 Å². The van der Waals surface area contributed by atoms with Crippen LogP contribution in [-0.4, -0.2) is 22.1 Å². The quantitative estimate of drug-likeness (QED) is 0.641. The first-order valence-electron chi connectivity index (χ1n) is 6.77. The van der Waals surface area contributed by atoms with Crippen LogP contribution >= 0.6 is 11.6 Å². The summed E-state index contributed by atoms with van der Waals surface area (Å²) < 4.78 is 0. The minimum Gasteiger partial charge on any atom is -0.269 e. The van der Waals surface area contributed by atoms with Gasteiger partial charge in [-0.25, -0.2) is 0 Å². The maximum absolute atomic E-state index is 12.6. The number of rotatable bonds is 3. The van der Waals surface area contributed by atoms with Crippen LogP contribution < -0.4 is 0 Å². The fourth-order valence-electron chi connectivity index (χ4n) is 2.73. The number of carbonyl (C=O) groups is 2. The molecule has 2 amide bonds. The molecule has 2 aromatic rings. The van der Waals surface area contributed by atoms with Gasteiger partial charge in [0.05, 0.1) is 22.5 Å². The Kier molecular flexibility index (Phi) is 3.52. The van der Waals surface area contributed by atoms with E-state index in [0.717, 1.165) is 5.56 Å². The molecule has 1 aliphatic rings. The molecule has 0 aromatic heterocycles. The molecule has 0 fully saturated rings. The average molecular weight is 300 g/mol. The zero-order valence-electron chi connectivity index (χ0n) is 11.5. The van der Waals surface area contributed by atoms with Crippen molar-refractivity contribution in [3.05, 3.63) is 71.3 Å².